The average Bonchev–Trinajstić information content (AvgIpc) is 2.61. The Kier molecular flexibility index (Phi) is 5.13. The summed E-state index contributed by atoms with van der Waals surface area (Å²) in [7, 11) is 0. The molecule has 0 unspecified atom stereocenters. The van der Waals surface area contributed by atoms with Crippen molar-refractivity contribution >= 4 is 34.0 Å². The fraction of sp³-hybridized carbons (Fsp3) is 0.105. The first-order chi connectivity index (χ1) is 11.7. The lowest BCUT2D eigenvalue weighted by atomic mass is 10.0. The Hall–Kier alpha value is -2.79. The van der Waals surface area contributed by atoms with Crippen molar-refractivity contribution in [3.8, 4) is 0 Å². The molecule has 0 spiro atoms. The number of hydrogen-bond donors (Lipinski definition) is 2. The SMILES string of the molecule is O=C(Cc1cccc2ccccc12)NC(=S)NCc1cccnc1. The number of rotatable bonds is 4. The standard InChI is InChI=1S/C19H17N3OS/c23-18(22-19(24)21-13-14-5-4-10-20-12-14)11-16-8-3-7-15-6-1-2-9-17(15)16/h1-10,12H,11,13H2,(H2,21,22,23,24). The van der Waals surface area contributed by atoms with E-state index in [1.165, 1.54) is 0 Å². The van der Waals surface area contributed by atoms with Crippen LogP contribution in [0.1, 0.15) is 11.1 Å². The first-order valence-corrected chi connectivity index (χ1v) is 8.06. The topological polar surface area (TPSA) is 54.0 Å². The predicted octanol–water partition coefficient (Wildman–Crippen LogP) is 2.97. The fourth-order valence-electron chi connectivity index (χ4n) is 2.52. The van der Waals surface area contributed by atoms with Gasteiger partial charge in [-0.05, 0) is 40.2 Å². The number of hydrogen-bond acceptors (Lipinski definition) is 3. The van der Waals surface area contributed by atoms with Crippen molar-refractivity contribution in [3.05, 3.63) is 78.1 Å². The molecule has 4 nitrogen and oxygen atoms in total. The lowest BCUT2D eigenvalue weighted by Crippen LogP contribution is -2.39. The summed E-state index contributed by atoms with van der Waals surface area (Å²) in [5.41, 5.74) is 1.99. The number of aromatic nitrogens is 1. The summed E-state index contributed by atoms with van der Waals surface area (Å²) >= 11 is 5.18. The zero-order chi connectivity index (χ0) is 16.8. The van der Waals surface area contributed by atoms with Crippen molar-refractivity contribution < 1.29 is 4.79 Å². The molecule has 0 saturated carbocycles. The van der Waals surface area contributed by atoms with Crippen LogP contribution in [-0.4, -0.2) is 16.0 Å². The molecular formula is C19H17N3OS. The van der Waals surface area contributed by atoms with Gasteiger partial charge in [0, 0.05) is 18.9 Å². The highest BCUT2D eigenvalue weighted by Crippen LogP contribution is 2.18. The summed E-state index contributed by atoms with van der Waals surface area (Å²) in [6.07, 6.45) is 3.76. The van der Waals surface area contributed by atoms with Gasteiger partial charge in [-0.25, -0.2) is 0 Å². The van der Waals surface area contributed by atoms with Gasteiger partial charge in [0.1, 0.15) is 0 Å². The van der Waals surface area contributed by atoms with Crippen LogP contribution in [0.2, 0.25) is 0 Å². The quantitative estimate of drug-likeness (QED) is 0.720. The van der Waals surface area contributed by atoms with E-state index in [0.29, 0.717) is 11.7 Å². The van der Waals surface area contributed by atoms with Gasteiger partial charge >= 0.3 is 0 Å². The van der Waals surface area contributed by atoms with Gasteiger partial charge in [0.2, 0.25) is 5.91 Å². The largest absolute Gasteiger partial charge is 0.358 e. The van der Waals surface area contributed by atoms with Crippen molar-refractivity contribution in [2.24, 2.45) is 0 Å². The number of nitrogens with one attached hydrogen (secondary N) is 2. The van der Waals surface area contributed by atoms with Gasteiger partial charge in [0.15, 0.2) is 5.11 Å². The molecule has 0 radical (unpaired) electrons. The third-order valence-corrected chi connectivity index (χ3v) is 3.91. The van der Waals surface area contributed by atoms with Crippen molar-refractivity contribution in [3.63, 3.8) is 0 Å². The van der Waals surface area contributed by atoms with Crippen LogP contribution in [0, 0.1) is 0 Å². The average molecular weight is 335 g/mol. The Balaban J connectivity index is 1.58. The molecule has 0 aliphatic rings. The van der Waals surface area contributed by atoms with Crippen molar-refractivity contribution in [2.45, 2.75) is 13.0 Å². The number of carbonyl (C=O) groups is 1. The van der Waals surface area contributed by atoms with Crippen LogP contribution in [0.15, 0.2) is 67.0 Å². The Morgan fingerprint density at radius 1 is 1.04 bits per heavy atom. The van der Waals surface area contributed by atoms with Gasteiger partial charge in [-0.2, -0.15) is 0 Å². The number of thiocarbonyl (C=S) groups is 1. The molecule has 0 saturated heterocycles. The fourth-order valence-corrected chi connectivity index (χ4v) is 2.71. The van der Waals surface area contributed by atoms with Crippen LogP contribution in [0.25, 0.3) is 10.8 Å². The number of pyridine rings is 1. The Labute approximate surface area is 145 Å². The summed E-state index contributed by atoms with van der Waals surface area (Å²) in [6, 6.07) is 17.8. The molecular weight excluding hydrogens is 318 g/mol. The molecule has 2 N–H and O–H groups in total. The molecule has 0 fully saturated rings. The van der Waals surface area contributed by atoms with Gasteiger partial charge in [0.05, 0.1) is 6.42 Å². The van der Waals surface area contributed by atoms with Crippen LogP contribution >= 0.6 is 12.2 Å². The number of fused-ring (bicyclic) bond motifs is 1. The predicted molar refractivity (Wildman–Crippen MR) is 99.5 cm³/mol. The van der Waals surface area contributed by atoms with E-state index >= 15 is 0 Å². The molecule has 0 aliphatic carbocycles. The summed E-state index contributed by atoms with van der Waals surface area (Å²) in [5, 5.41) is 8.27. The molecule has 0 aliphatic heterocycles. The monoisotopic (exact) mass is 335 g/mol. The van der Waals surface area contributed by atoms with Crippen LogP contribution in [0.5, 0.6) is 0 Å². The van der Waals surface area contributed by atoms with E-state index in [2.05, 4.69) is 15.6 Å². The van der Waals surface area contributed by atoms with Crippen molar-refractivity contribution in [1.82, 2.24) is 15.6 Å². The summed E-state index contributed by atoms with van der Waals surface area (Å²) in [5.74, 6) is -0.130. The number of amides is 1. The summed E-state index contributed by atoms with van der Waals surface area (Å²) < 4.78 is 0. The van der Waals surface area contributed by atoms with E-state index in [1.807, 2.05) is 54.6 Å². The highest BCUT2D eigenvalue weighted by Gasteiger charge is 2.08. The molecule has 3 aromatic rings. The first kappa shape index (κ1) is 16.1. The van der Waals surface area contributed by atoms with E-state index in [0.717, 1.165) is 21.9 Å². The van der Waals surface area contributed by atoms with Gasteiger partial charge in [-0.1, -0.05) is 48.5 Å². The molecule has 2 aromatic carbocycles. The molecule has 3 rings (SSSR count). The summed E-state index contributed by atoms with van der Waals surface area (Å²) in [6.45, 7) is 0.529. The van der Waals surface area contributed by atoms with E-state index < -0.39 is 0 Å². The maximum Gasteiger partial charge on any atom is 0.230 e. The van der Waals surface area contributed by atoms with Gasteiger partial charge in [-0.15, -0.1) is 0 Å². The Morgan fingerprint density at radius 2 is 1.88 bits per heavy atom. The molecule has 24 heavy (non-hydrogen) atoms. The van der Waals surface area contributed by atoms with Crippen LogP contribution in [0.3, 0.4) is 0 Å². The molecule has 1 aromatic heterocycles. The number of carbonyl (C=O) groups excluding carboxylic acids is 1. The normalized spacial score (nSPS) is 10.3. The van der Waals surface area contributed by atoms with E-state index in [9.17, 15) is 4.79 Å². The Morgan fingerprint density at radius 3 is 2.71 bits per heavy atom. The highest BCUT2D eigenvalue weighted by molar-refractivity contribution is 7.80. The van der Waals surface area contributed by atoms with Crippen LogP contribution < -0.4 is 10.6 Å². The van der Waals surface area contributed by atoms with Gasteiger partial charge in [-0.3, -0.25) is 9.78 Å². The molecule has 1 amide bonds. The molecule has 1 heterocycles. The minimum Gasteiger partial charge on any atom is -0.358 e. The third-order valence-electron chi connectivity index (χ3n) is 3.66. The van der Waals surface area contributed by atoms with Crippen molar-refractivity contribution in [2.75, 3.05) is 0 Å². The second kappa shape index (κ2) is 7.66. The third kappa shape index (κ3) is 4.14. The highest BCUT2D eigenvalue weighted by atomic mass is 32.1. The minimum atomic E-state index is -0.130. The van der Waals surface area contributed by atoms with E-state index in [1.54, 1.807) is 12.4 Å². The lowest BCUT2D eigenvalue weighted by molar-refractivity contribution is -0.119. The molecule has 0 atom stereocenters. The minimum absolute atomic E-state index is 0.130. The molecule has 0 bridgehead atoms. The maximum atomic E-state index is 12.2. The molecule has 120 valence electrons. The van der Waals surface area contributed by atoms with Crippen LogP contribution in [-0.2, 0) is 17.8 Å². The van der Waals surface area contributed by atoms with Gasteiger partial charge in [0.25, 0.3) is 0 Å². The zero-order valence-electron chi connectivity index (χ0n) is 13.0. The van der Waals surface area contributed by atoms with Crippen molar-refractivity contribution in [1.29, 1.82) is 0 Å². The number of benzene rings is 2. The lowest BCUT2D eigenvalue weighted by Gasteiger charge is -2.10. The first-order valence-electron chi connectivity index (χ1n) is 7.65. The smallest absolute Gasteiger partial charge is 0.230 e. The second-order valence-electron chi connectivity index (χ2n) is 5.41. The zero-order valence-corrected chi connectivity index (χ0v) is 13.8. The maximum absolute atomic E-state index is 12.2. The van der Waals surface area contributed by atoms with E-state index in [-0.39, 0.29) is 12.3 Å². The number of nitrogens with zero attached hydrogens (tertiary/aromatic N) is 1. The van der Waals surface area contributed by atoms with Crippen LogP contribution in [0.4, 0.5) is 0 Å². The Bertz CT molecular complexity index is 859. The second-order valence-corrected chi connectivity index (χ2v) is 5.82. The van der Waals surface area contributed by atoms with E-state index in [4.69, 9.17) is 12.2 Å². The summed E-state index contributed by atoms with van der Waals surface area (Å²) in [4.78, 5) is 16.3. The molecule has 5 heteroatoms. The van der Waals surface area contributed by atoms with Gasteiger partial charge < -0.3 is 10.6 Å².